The molecule has 0 amide bonds. The van der Waals surface area contributed by atoms with Crippen molar-refractivity contribution >= 4 is 6.29 Å². The van der Waals surface area contributed by atoms with Crippen LogP contribution in [0.5, 0.6) is 0 Å². The van der Waals surface area contributed by atoms with E-state index in [-0.39, 0.29) is 0 Å². The first kappa shape index (κ1) is 9.72. The molecule has 0 spiro atoms. The summed E-state index contributed by atoms with van der Waals surface area (Å²) in [4.78, 5) is 10.2. The van der Waals surface area contributed by atoms with E-state index in [1.165, 1.54) is 19.3 Å². The van der Waals surface area contributed by atoms with Crippen molar-refractivity contribution in [3.05, 3.63) is 0 Å². The minimum atomic E-state index is 0.454. The molecule has 2 heteroatoms. The minimum absolute atomic E-state index is 0.454. The quantitative estimate of drug-likeness (QED) is 0.604. The number of hydrogen-bond donors (Lipinski definition) is 0. The lowest BCUT2D eigenvalue weighted by atomic mass is 9.84. The van der Waals surface area contributed by atoms with Gasteiger partial charge in [-0.2, -0.15) is 0 Å². The highest BCUT2D eigenvalue weighted by Crippen LogP contribution is 2.28. The summed E-state index contributed by atoms with van der Waals surface area (Å²) in [6.45, 7) is 0. The molecule has 1 rings (SSSR count). The molecule has 1 aliphatic rings. The summed E-state index contributed by atoms with van der Waals surface area (Å²) >= 11 is 0. The van der Waals surface area contributed by atoms with E-state index < -0.39 is 0 Å². The van der Waals surface area contributed by atoms with Gasteiger partial charge in [-0.25, -0.2) is 0 Å². The van der Waals surface area contributed by atoms with Gasteiger partial charge in [0, 0.05) is 13.5 Å². The number of ether oxygens (including phenoxy) is 1. The highest BCUT2D eigenvalue weighted by atomic mass is 16.5. The predicted molar refractivity (Wildman–Crippen MR) is 48.1 cm³/mol. The Morgan fingerprint density at radius 2 is 2.33 bits per heavy atom. The first-order valence-electron chi connectivity index (χ1n) is 4.83. The zero-order valence-electron chi connectivity index (χ0n) is 7.79. The Morgan fingerprint density at radius 3 is 3.00 bits per heavy atom. The van der Waals surface area contributed by atoms with Crippen LogP contribution in [0.2, 0.25) is 0 Å². The Balaban J connectivity index is 2.20. The topological polar surface area (TPSA) is 26.3 Å². The maximum Gasteiger partial charge on any atom is 0.120 e. The number of methoxy groups -OCH3 is 1. The fourth-order valence-electron chi connectivity index (χ4n) is 2.02. The van der Waals surface area contributed by atoms with Gasteiger partial charge < -0.3 is 9.53 Å². The van der Waals surface area contributed by atoms with E-state index >= 15 is 0 Å². The fourth-order valence-corrected chi connectivity index (χ4v) is 2.02. The molecule has 2 atom stereocenters. The van der Waals surface area contributed by atoms with Crippen LogP contribution in [0.25, 0.3) is 0 Å². The third kappa shape index (κ3) is 2.94. The molecule has 0 aromatic rings. The van der Waals surface area contributed by atoms with Crippen molar-refractivity contribution in [3.63, 3.8) is 0 Å². The van der Waals surface area contributed by atoms with Crippen LogP contribution in [0.4, 0.5) is 0 Å². The van der Waals surface area contributed by atoms with Crippen LogP contribution in [0.3, 0.4) is 0 Å². The molecule has 12 heavy (non-hydrogen) atoms. The molecule has 1 aliphatic carbocycles. The smallest absolute Gasteiger partial charge is 0.120 e. The molecule has 0 bridgehead atoms. The van der Waals surface area contributed by atoms with Crippen LogP contribution in [0.15, 0.2) is 0 Å². The van der Waals surface area contributed by atoms with Gasteiger partial charge in [-0.15, -0.1) is 0 Å². The van der Waals surface area contributed by atoms with Gasteiger partial charge in [0.15, 0.2) is 0 Å². The van der Waals surface area contributed by atoms with Crippen molar-refractivity contribution in [1.29, 1.82) is 0 Å². The van der Waals surface area contributed by atoms with Crippen molar-refractivity contribution in [2.24, 2.45) is 5.92 Å². The number of carbonyl (C=O) groups excluding carboxylic acids is 1. The highest BCUT2D eigenvalue weighted by Gasteiger charge is 2.20. The van der Waals surface area contributed by atoms with Crippen molar-refractivity contribution in [2.75, 3.05) is 7.11 Å². The van der Waals surface area contributed by atoms with Gasteiger partial charge in [-0.1, -0.05) is 12.8 Å². The standard InChI is InChI=1S/C10H18O2/c1-12-10-6-2-4-9(8-10)5-3-7-11/h7,9-10H,2-6,8H2,1H3. The molecule has 70 valence electrons. The van der Waals surface area contributed by atoms with Gasteiger partial charge in [0.05, 0.1) is 6.10 Å². The third-order valence-electron chi connectivity index (χ3n) is 2.76. The second-order valence-electron chi connectivity index (χ2n) is 3.63. The molecular formula is C10H18O2. The van der Waals surface area contributed by atoms with E-state index in [0.717, 1.165) is 31.5 Å². The Bertz CT molecular complexity index is 134. The van der Waals surface area contributed by atoms with Crippen molar-refractivity contribution in [2.45, 2.75) is 44.6 Å². The van der Waals surface area contributed by atoms with Crippen LogP contribution in [-0.4, -0.2) is 19.5 Å². The van der Waals surface area contributed by atoms with E-state index in [1.807, 2.05) is 0 Å². The van der Waals surface area contributed by atoms with Crippen LogP contribution in [0.1, 0.15) is 38.5 Å². The first-order valence-corrected chi connectivity index (χ1v) is 4.83. The number of rotatable bonds is 4. The van der Waals surface area contributed by atoms with Crippen molar-refractivity contribution in [3.8, 4) is 0 Å². The Labute approximate surface area is 74.3 Å². The largest absolute Gasteiger partial charge is 0.381 e. The molecule has 0 aromatic heterocycles. The zero-order chi connectivity index (χ0) is 8.81. The van der Waals surface area contributed by atoms with E-state index in [0.29, 0.717) is 6.10 Å². The summed E-state index contributed by atoms with van der Waals surface area (Å²) in [5.41, 5.74) is 0. The fraction of sp³-hybridized carbons (Fsp3) is 0.900. The second-order valence-corrected chi connectivity index (χ2v) is 3.63. The summed E-state index contributed by atoms with van der Waals surface area (Å²) in [7, 11) is 1.78. The molecule has 2 unspecified atom stereocenters. The molecule has 0 heterocycles. The van der Waals surface area contributed by atoms with Crippen LogP contribution < -0.4 is 0 Å². The van der Waals surface area contributed by atoms with Gasteiger partial charge in [-0.05, 0) is 25.2 Å². The minimum Gasteiger partial charge on any atom is -0.381 e. The molecule has 0 aromatic carbocycles. The number of carbonyl (C=O) groups is 1. The summed E-state index contributed by atoms with van der Waals surface area (Å²) in [5, 5.41) is 0. The Kier molecular flexibility index (Phi) is 4.30. The molecule has 2 nitrogen and oxygen atoms in total. The molecule has 0 aliphatic heterocycles. The zero-order valence-corrected chi connectivity index (χ0v) is 7.79. The first-order chi connectivity index (χ1) is 5.86. The van der Waals surface area contributed by atoms with Gasteiger partial charge in [0.1, 0.15) is 6.29 Å². The lowest BCUT2D eigenvalue weighted by Gasteiger charge is -2.27. The third-order valence-corrected chi connectivity index (χ3v) is 2.76. The molecule has 0 radical (unpaired) electrons. The van der Waals surface area contributed by atoms with Crippen molar-refractivity contribution in [1.82, 2.24) is 0 Å². The average molecular weight is 170 g/mol. The highest BCUT2D eigenvalue weighted by molar-refractivity contribution is 5.49. The van der Waals surface area contributed by atoms with E-state index in [9.17, 15) is 4.79 Å². The van der Waals surface area contributed by atoms with Crippen molar-refractivity contribution < 1.29 is 9.53 Å². The van der Waals surface area contributed by atoms with Gasteiger partial charge in [0.2, 0.25) is 0 Å². The summed E-state index contributed by atoms with van der Waals surface area (Å²) < 4.78 is 5.31. The van der Waals surface area contributed by atoms with Gasteiger partial charge >= 0.3 is 0 Å². The monoisotopic (exact) mass is 170 g/mol. The predicted octanol–water partition coefficient (Wildman–Crippen LogP) is 2.17. The van der Waals surface area contributed by atoms with Crippen LogP contribution in [-0.2, 0) is 9.53 Å². The summed E-state index contributed by atoms with van der Waals surface area (Å²) in [5.74, 6) is 0.730. The van der Waals surface area contributed by atoms with E-state index in [2.05, 4.69) is 0 Å². The summed E-state index contributed by atoms with van der Waals surface area (Å²) in [6.07, 6.45) is 8.17. The Hall–Kier alpha value is -0.370. The summed E-state index contributed by atoms with van der Waals surface area (Å²) in [6, 6.07) is 0. The molecular weight excluding hydrogens is 152 g/mol. The van der Waals surface area contributed by atoms with Crippen LogP contribution >= 0.6 is 0 Å². The maximum absolute atomic E-state index is 10.2. The lowest BCUT2D eigenvalue weighted by molar-refractivity contribution is -0.108. The number of aldehydes is 1. The van der Waals surface area contributed by atoms with E-state index in [1.54, 1.807) is 7.11 Å². The SMILES string of the molecule is COC1CCCC(CCC=O)C1. The number of hydrogen-bond acceptors (Lipinski definition) is 2. The van der Waals surface area contributed by atoms with Gasteiger partial charge in [-0.3, -0.25) is 0 Å². The lowest BCUT2D eigenvalue weighted by Crippen LogP contribution is -2.21. The molecule has 1 fully saturated rings. The van der Waals surface area contributed by atoms with Crippen LogP contribution in [0, 0.1) is 5.92 Å². The normalized spacial score (nSPS) is 30.1. The molecule has 1 saturated carbocycles. The molecule has 0 saturated heterocycles. The average Bonchev–Trinajstić information content (AvgIpc) is 2.15. The Morgan fingerprint density at radius 1 is 1.50 bits per heavy atom. The molecule has 0 N–H and O–H groups in total. The van der Waals surface area contributed by atoms with Gasteiger partial charge in [0.25, 0.3) is 0 Å². The second kappa shape index (κ2) is 5.31. The maximum atomic E-state index is 10.2. The van der Waals surface area contributed by atoms with E-state index in [4.69, 9.17) is 4.74 Å².